The lowest BCUT2D eigenvalue weighted by atomic mass is 10.2. The summed E-state index contributed by atoms with van der Waals surface area (Å²) >= 11 is 5.90. The SMILES string of the molecule is C=C(S)c1sccc1CC. The highest BCUT2D eigenvalue weighted by molar-refractivity contribution is 7.90. The summed E-state index contributed by atoms with van der Waals surface area (Å²) in [5.74, 6) is 0. The highest BCUT2D eigenvalue weighted by atomic mass is 32.1. The molecule has 1 rings (SSSR count). The van der Waals surface area contributed by atoms with Gasteiger partial charge in [-0.1, -0.05) is 13.5 Å². The van der Waals surface area contributed by atoms with Gasteiger partial charge in [0.05, 0.1) is 0 Å². The maximum Gasteiger partial charge on any atom is 0.0429 e. The van der Waals surface area contributed by atoms with Crippen LogP contribution in [0.15, 0.2) is 18.0 Å². The molecule has 0 aromatic carbocycles. The smallest absolute Gasteiger partial charge is 0.0429 e. The van der Waals surface area contributed by atoms with Crippen molar-refractivity contribution in [2.75, 3.05) is 0 Å². The number of aryl methyl sites for hydroxylation is 1. The molecule has 0 aliphatic heterocycles. The van der Waals surface area contributed by atoms with E-state index in [1.165, 1.54) is 10.4 Å². The van der Waals surface area contributed by atoms with Gasteiger partial charge >= 0.3 is 0 Å². The maximum atomic E-state index is 4.19. The van der Waals surface area contributed by atoms with Gasteiger partial charge in [-0.05, 0) is 23.4 Å². The van der Waals surface area contributed by atoms with Gasteiger partial charge in [-0.15, -0.1) is 24.0 Å². The van der Waals surface area contributed by atoms with Crippen LogP contribution in [0.1, 0.15) is 17.4 Å². The van der Waals surface area contributed by atoms with Gasteiger partial charge in [0, 0.05) is 9.78 Å². The summed E-state index contributed by atoms with van der Waals surface area (Å²) in [4.78, 5) is 2.11. The number of thiophene rings is 1. The van der Waals surface area contributed by atoms with Crippen LogP contribution >= 0.6 is 24.0 Å². The van der Waals surface area contributed by atoms with Gasteiger partial charge in [0.15, 0.2) is 0 Å². The Kier molecular flexibility index (Phi) is 2.57. The summed E-state index contributed by atoms with van der Waals surface area (Å²) in [6, 6.07) is 2.13. The molecule has 0 radical (unpaired) electrons. The molecule has 0 saturated carbocycles. The normalized spacial score (nSPS) is 9.80. The zero-order chi connectivity index (χ0) is 7.56. The van der Waals surface area contributed by atoms with Crippen molar-refractivity contribution in [1.82, 2.24) is 0 Å². The molecule has 1 aromatic heterocycles. The number of hydrogen-bond donors (Lipinski definition) is 1. The Bertz CT molecular complexity index is 235. The molecular weight excluding hydrogens is 160 g/mol. The molecular formula is C8H10S2. The first kappa shape index (κ1) is 7.89. The quantitative estimate of drug-likeness (QED) is 0.647. The lowest BCUT2D eigenvalue weighted by Gasteiger charge is -1.96. The molecule has 2 heteroatoms. The molecule has 54 valence electrons. The fourth-order valence-corrected chi connectivity index (χ4v) is 2.04. The summed E-state index contributed by atoms with van der Waals surface area (Å²) in [6.07, 6.45) is 1.07. The Morgan fingerprint density at radius 1 is 1.80 bits per heavy atom. The van der Waals surface area contributed by atoms with Gasteiger partial charge in [0.2, 0.25) is 0 Å². The molecule has 0 nitrogen and oxygen atoms in total. The van der Waals surface area contributed by atoms with Crippen LogP contribution in [0.4, 0.5) is 0 Å². The molecule has 0 unspecified atom stereocenters. The minimum atomic E-state index is 0.881. The predicted octanol–water partition coefficient (Wildman–Crippen LogP) is 3.21. The summed E-state index contributed by atoms with van der Waals surface area (Å²) in [7, 11) is 0. The summed E-state index contributed by atoms with van der Waals surface area (Å²) in [5, 5.41) is 2.08. The monoisotopic (exact) mass is 170 g/mol. The van der Waals surface area contributed by atoms with Crippen LogP contribution in [0.25, 0.3) is 4.91 Å². The van der Waals surface area contributed by atoms with Gasteiger partial charge < -0.3 is 0 Å². The van der Waals surface area contributed by atoms with E-state index in [4.69, 9.17) is 0 Å². The molecule has 0 spiro atoms. The molecule has 0 atom stereocenters. The van der Waals surface area contributed by atoms with E-state index in [1.54, 1.807) is 11.3 Å². The lowest BCUT2D eigenvalue weighted by molar-refractivity contribution is 1.15. The molecule has 10 heavy (non-hydrogen) atoms. The average molecular weight is 170 g/mol. The van der Waals surface area contributed by atoms with Crippen molar-refractivity contribution in [2.45, 2.75) is 13.3 Å². The van der Waals surface area contributed by atoms with E-state index in [9.17, 15) is 0 Å². The summed E-state index contributed by atoms with van der Waals surface area (Å²) < 4.78 is 0. The molecule has 0 aliphatic carbocycles. The first-order chi connectivity index (χ1) is 4.75. The first-order valence-corrected chi connectivity index (χ1v) is 4.53. The zero-order valence-electron chi connectivity index (χ0n) is 5.92. The minimum absolute atomic E-state index is 0.881. The second kappa shape index (κ2) is 3.26. The van der Waals surface area contributed by atoms with Crippen LogP contribution in [0, 0.1) is 0 Å². The second-order valence-corrected chi connectivity index (χ2v) is 3.53. The van der Waals surface area contributed by atoms with Crippen molar-refractivity contribution in [3.8, 4) is 0 Å². The van der Waals surface area contributed by atoms with E-state index >= 15 is 0 Å². The van der Waals surface area contributed by atoms with Crippen molar-refractivity contribution in [3.63, 3.8) is 0 Å². The fourth-order valence-electron chi connectivity index (χ4n) is 0.867. The van der Waals surface area contributed by atoms with E-state index < -0.39 is 0 Å². The third-order valence-electron chi connectivity index (χ3n) is 1.39. The molecule has 0 amide bonds. The van der Waals surface area contributed by atoms with Gasteiger partial charge in [0.1, 0.15) is 0 Å². The van der Waals surface area contributed by atoms with Crippen molar-refractivity contribution >= 4 is 28.9 Å². The Hall–Kier alpha value is -0.210. The van der Waals surface area contributed by atoms with E-state index in [1.807, 2.05) is 0 Å². The third kappa shape index (κ3) is 1.44. The molecule has 0 bridgehead atoms. The van der Waals surface area contributed by atoms with Crippen LogP contribution in [0.5, 0.6) is 0 Å². The Labute approximate surface area is 71.0 Å². The van der Waals surface area contributed by atoms with E-state index in [-0.39, 0.29) is 0 Å². The van der Waals surface area contributed by atoms with Crippen LogP contribution in [0.3, 0.4) is 0 Å². The molecule has 0 aliphatic rings. The molecule has 0 saturated heterocycles. The Balaban J connectivity index is 3.01. The Morgan fingerprint density at radius 2 is 2.50 bits per heavy atom. The standard InChI is InChI=1S/C8H10S2/c1-3-7-4-5-10-8(7)6(2)9/h4-5,9H,2-3H2,1H3. The summed E-state index contributed by atoms with van der Waals surface area (Å²) in [5.41, 5.74) is 1.35. The average Bonchev–Trinajstić information content (AvgIpc) is 2.33. The van der Waals surface area contributed by atoms with Crippen molar-refractivity contribution in [1.29, 1.82) is 0 Å². The van der Waals surface area contributed by atoms with Crippen LogP contribution in [-0.2, 0) is 6.42 Å². The van der Waals surface area contributed by atoms with Crippen molar-refractivity contribution in [3.05, 3.63) is 28.5 Å². The summed E-state index contributed by atoms with van der Waals surface area (Å²) in [6.45, 7) is 5.92. The lowest BCUT2D eigenvalue weighted by Crippen LogP contribution is -1.78. The van der Waals surface area contributed by atoms with Gasteiger partial charge in [0.25, 0.3) is 0 Å². The van der Waals surface area contributed by atoms with Gasteiger partial charge in [-0.2, -0.15) is 0 Å². The second-order valence-electron chi connectivity index (χ2n) is 2.08. The number of rotatable bonds is 2. The largest absolute Gasteiger partial charge is 0.143 e. The topological polar surface area (TPSA) is 0 Å². The Morgan fingerprint density at radius 3 is 2.90 bits per heavy atom. The molecule has 1 heterocycles. The molecule has 1 aromatic rings. The maximum absolute atomic E-state index is 4.19. The minimum Gasteiger partial charge on any atom is -0.143 e. The van der Waals surface area contributed by atoms with Crippen LogP contribution in [0.2, 0.25) is 0 Å². The van der Waals surface area contributed by atoms with Crippen LogP contribution < -0.4 is 0 Å². The van der Waals surface area contributed by atoms with Crippen LogP contribution in [-0.4, -0.2) is 0 Å². The number of hydrogen-bond acceptors (Lipinski definition) is 2. The van der Waals surface area contributed by atoms with E-state index in [0.717, 1.165) is 11.3 Å². The van der Waals surface area contributed by atoms with Gasteiger partial charge in [-0.3, -0.25) is 0 Å². The number of thiol groups is 1. The highest BCUT2D eigenvalue weighted by Gasteiger charge is 2.01. The van der Waals surface area contributed by atoms with E-state index in [0.29, 0.717) is 0 Å². The first-order valence-electron chi connectivity index (χ1n) is 3.20. The van der Waals surface area contributed by atoms with Gasteiger partial charge in [-0.25, -0.2) is 0 Å². The predicted molar refractivity (Wildman–Crippen MR) is 51.7 cm³/mol. The fraction of sp³-hybridized carbons (Fsp3) is 0.250. The van der Waals surface area contributed by atoms with Crippen molar-refractivity contribution in [2.24, 2.45) is 0 Å². The van der Waals surface area contributed by atoms with Crippen molar-refractivity contribution < 1.29 is 0 Å². The zero-order valence-corrected chi connectivity index (χ0v) is 7.64. The highest BCUT2D eigenvalue weighted by Crippen LogP contribution is 2.26. The third-order valence-corrected chi connectivity index (χ3v) is 2.78. The molecule has 0 fully saturated rings. The van der Waals surface area contributed by atoms with E-state index in [2.05, 4.69) is 37.6 Å². The molecule has 0 N–H and O–H groups in total.